The Hall–Kier alpha value is 0.0534. The van der Waals surface area contributed by atoms with Crippen LogP contribution in [0.5, 0.6) is 0 Å². The second-order valence-electron chi connectivity index (χ2n) is 2.80. The molecule has 50 valence electrons. The Bertz CT molecular complexity index is 54.5. The zero-order chi connectivity index (χ0) is 7.21. The van der Waals surface area contributed by atoms with Crippen LogP contribution in [-0.4, -0.2) is 39.1 Å². The van der Waals surface area contributed by atoms with Crippen molar-refractivity contribution < 1.29 is 28.8 Å². The molecule has 0 radical (unpaired) electrons. The van der Waals surface area contributed by atoms with Crippen molar-refractivity contribution in [2.45, 2.75) is 0 Å². The third-order valence-electron chi connectivity index (χ3n) is 0. The first-order valence-electron chi connectivity index (χ1n) is 2.28. The quantitative estimate of drug-likeness (QED) is 0.230. The third-order valence-corrected chi connectivity index (χ3v) is 0. The van der Waals surface area contributed by atoms with E-state index in [2.05, 4.69) is 33.9 Å². The third kappa shape index (κ3) is 104000. The number of hydrogen-bond donors (Lipinski definition) is 1. The number of nitrogens with two attached hydrogens (primary N) is 1. The molecule has 9 heavy (non-hydrogen) atoms. The van der Waals surface area contributed by atoms with Crippen molar-refractivity contribution in [3.63, 3.8) is 0 Å². The molecule has 1 amide bonds. The van der Waals surface area contributed by atoms with Gasteiger partial charge in [0.05, 0.1) is 28.2 Å². The van der Waals surface area contributed by atoms with E-state index in [0.717, 1.165) is 10.9 Å². The van der Waals surface area contributed by atoms with E-state index in [1.54, 1.807) is 0 Å². The van der Waals surface area contributed by atoms with Crippen LogP contribution in [0.15, 0.2) is 0 Å². The van der Waals surface area contributed by atoms with Gasteiger partial charge in [0.15, 0.2) is 0 Å². The number of amides is 1. The van der Waals surface area contributed by atoms with Crippen LogP contribution in [0.3, 0.4) is 0 Å². The maximum absolute atomic E-state index is 8.46. The van der Waals surface area contributed by atoms with Crippen molar-refractivity contribution >= 4 is 6.41 Å². The van der Waals surface area contributed by atoms with Gasteiger partial charge in [0.25, 0.3) is 0 Å². The zero-order valence-corrected chi connectivity index (χ0v) is 9.61. The van der Waals surface area contributed by atoms with E-state index in [4.69, 9.17) is 4.79 Å². The van der Waals surface area contributed by atoms with E-state index in [1.165, 1.54) is 0 Å². The zero-order valence-electron chi connectivity index (χ0n) is 6.64. The molecule has 0 spiro atoms. The molecule has 0 saturated heterocycles. The molecule has 0 aromatic carbocycles. The number of carbonyl (C=O) groups excluding carboxylic acids is 1. The van der Waals surface area contributed by atoms with Gasteiger partial charge in [-0.25, -0.2) is 0 Å². The van der Waals surface area contributed by atoms with E-state index in [-0.39, 0.29) is 19.5 Å². The van der Waals surface area contributed by atoms with Gasteiger partial charge >= 0.3 is 19.5 Å². The van der Waals surface area contributed by atoms with Crippen LogP contribution in [0.4, 0.5) is 0 Å². The summed E-state index contributed by atoms with van der Waals surface area (Å²) in [5.41, 5.74) is 4.04. The van der Waals surface area contributed by atoms with Gasteiger partial charge in [0.1, 0.15) is 0 Å². The van der Waals surface area contributed by atoms with E-state index >= 15 is 0 Å². The van der Waals surface area contributed by atoms with Crippen LogP contribution in [-0.2, 0) is 24.3 Å². The topological polar surface area (TPSA) is 43.1 Å². The van der Waals surface area contributed by atoms with Crippen molar-refractivity contribution in [3.05, 3.63) is 0 Å². The van der Waals surface area contributed by atoms with Gasteiger partial charge in [-0.1, -0.05) is 0 Å². The predicted molar refractivity (Wildman–Crippen MR) is 33.8 cm³/mol. The first-order chi connectivity index (χ1) is 3.41. The Morgan fingerprint density at radius 2 is 1.22 bits per heavy atom. The number of quaternary nitrogens is 1. The predicted octanol–water partition coefficient (Wildman–Crippen LogP) is -0.668. The summed E-state index contributed by atoms with van der Waals surface area (Å²) in [6, 6.07) is 0. The van der Waals surface area contributed by atoms with Crippen LogP contribution in [0.2, 0.25) is 0 Å². The van der Waals surface area contributed by atoms with E-state index in [9.17, 15) is 0 Å². The Morgan fingerprint density at radius 3 is 1.22 bits per heavy atom. The maximum Gasteiger partial charge on any atom is 2.00 e. The summed E-state index contributed by atoms with van der Waals surface area (Å²) in [5, 5.41) is 0. The molecule has 0 heterocycles. The monoisotopic (exact) mass is 182 g/mol. The Balaban J connectivity index is -0.0000000800. The molecular formula is C5H14N2OZn+2. The van der Waals surface area contributed by atoms with Crippen molar-refractivity contribution in [1.82, 2.24) is 0 Å². The molecule has 0 rings (SSSR count). The Morgan fingerprint density at radius 1 is 1.22 bits per heavy atom. The Kier molecular flexibility index (Phi) is 14.3. The number of primary amides is 1. The summed E-state index contributed by atoms with van der Waals surface area (Å²) in [6.45, 7) is 0. The largest absolute Gasteiger partial charge is 2.00 e. The molecule has 0 aliphatic rings. The molecule has 0 aromatic heterocycles. The van der Waals surface area contributed by atoms with Gasteiger partial charge in [0.2, 0.25) is 0 Å². The van der Waals surface area contributed by atoms with Crippen molar-refractivity contribution in [3.8, 4) is 0 Å². The molecule has 0 fully saturated rings. The summed E-state index contributed by atoms with van der Waals surface area (Å²) in [7, 11) is 8.50. The molecule has 2 N–H and O–H groups in total. The van der Waals surface area contributed by atoms with Crippen LogP contribution in [0.1, 0.15) is 0 Å². The van der Waals surface area contributed by atoms with E-state index in [0.29, 0.717) is 0 Å². The fourth-order valence-electron chi connectivity index (χ4n) is 0. The molecule has 0 bridgehead atoms. The fraction of sp³-hybridized carbons (Fsp3) is 0.800. The van der Waals surface area contributed by atoms with Crippen LogP contribution >= 0.6 is 0 Å². The standard InChI is InChI=1S/C4H12N.CH2NO.Zn/c1-5(2,3)4;2-1-3;/h1-4H3;(H2,2,3);/q+1;-1;+2. The van der Waals surface area contributed by atoms with Crippen LogP contribution in [0, 0.1) is 0 Å². The van der Waals surface area contributed by atoms with Gasteiger partial charge in [0, 0.05) is 0 Å². The summed E-state index contributed by atoms with van der Waals surface area (Å²) in [4.78, 5) is 8.46. The van der Waals surface area contributed by atoms with E-state index < -0.39 is 0 Å². The first-order valence-corrected chi connectivity index (χ1v) is 2.28. The molecular weight excluding hydrogens is 169 g/mol. The van der Waals surface area contributed by atoms with Crippen LogP contribution in [0.25, 0.3) is 0 Å². The van der Waals surface area contributed by atoms with Gasteiger partial charge in [-0.05, 0) is 0 Å². The average molecular weight is 184 g/mol. The van der Waals surface area contributed by atoms with E-state index in [1.807, 2.05) is 0 Å². The molecule has 0 unspecified atom stereocenters. The van der Waals surface area contributed by atoms with Gasteiger partial charge in [-0.2, -0.15) is 6.41 Å². The SMILES string of the molecule is C[N+](C)(C)C.N[C-]=O.[Zn+2]. The summed E-state index contributed by atoms with van der Waals surface area (Å²) < 4.78 is 1.00. The van der Waals surface area contributed by atoms with Gasteiger partial charge in [-0.3, -0.25) is 0 Å². The second kappa shape index (κ2) is 8.05. The number of nitrogens with zero attached hydrogens (tertiary/aromatic N) is 1. The first kappa shape index (κ1) is 16.0. The Labute approximate surface area is 69.6 Å². The van der Waals surface area contributed by atoms with Crippen molar-refractivity contribution in [2.75, 3.05) is 28.2 Å². The minimum atomic E-state index is 0. The smallest absolute Gasteiger partial charge is 0.543 e. The molecule has 0 aliphatic heterocycles. The fourth-order valence-corrected chi connectivity index (χ4v) is 0. The molecule has 0 aromatic rings. The number of hydrogen-bond acceptors (Lipinski definition) is 1. The minimum absolute atomic E-state index is 0. The minimum Gasteiger partial charge on any atom is -0.543 e. The summed E-state index contributed by atoms with van der Waals surface area (Å²) in [6.07, 6.45) is 1.00. The summed E-state index contributed by atoms with van der Waals surface area (Å²) >= 11 is 0. The van der Waals surface area contributed by atoms with Gasteiger partial charge in [-0.15, -0.1) is 0 Å². The second-order valence-corrected chi connectivity index (χ2v) is 2.80. The van der Waals surface area contributed by atoms with Crippen LogP contribution < -0.4 is 5.73 Å². The molecule has 3 nitrogen and oxygen atoms in total. The maximum atomic E-state index is 8.46. The normalized spacial score (nSPS) is 8.00. The van der Waals surface area contributed by atoms with Crippen molar-refractivity contribution in [1.29, 1.82) is 0 Å². The van der Waals surface area contributed by atoms with Gasteiger partial charge < -0.3 is 15.0 Å². The molecule has 4 heteroatoms. The number of rotatable bonds is 0. The molecule has 0 atom stereocenters. The molecule has 0 aliphatic carbocycles. The average Bonchev–Trinajstić information content (AvgIpc) is 1.27. The summed E-state index contributed by atoms with van der Waals surface area (Å²) in [5.74, 6) is 0. The van der Waals surface area contributed by atoms with Crippen molar-refractivity contribution in [2.24, 2.45) is 5.73 Å². The molecule has 0 saturated carbocycles.